The molecule has 0 fully saturated rings. The Morgan fingerprint density at radius 2 is 2.00 bits per heavy atom. The van der Waals surface area contributed by atoms with Gasteiger partial charge in [0.05, 0.1) is 7.05 Å². The smallest absolute Gasteiger partial charge is 0.196 e. The van der Waals surface area contributed by atoms with E-state index in [-0.39, 0.29) is 0 Å². The summed E-state index contributed by atoms with van der Waals surface area (Å²) >= 11 is 0. The molecular weight excluding hydrogens is 276 g/mol. The van der Waals surface area contributed by atoms with Crippen LogP contribution in [0.4, 0.5) is 0 Å². The maximum atomic E-state index is 5.48. The lowest BCUT2D eigenvalue weighted by Crippen LogP contribution is -2.19. The zero-order valence-electron chi connectivity index (χ0n) is 13.2. The predicted octanol–water partition coefficient (Wildman–Crippen LogP) is 4.26. The Bertz CT molecular complexity index is 701. The van der Waals surface area contributed by atoms with E-state index in [1.165, 1.54) is 5.23 Å². The SMILES string of the molecule is C=C(C)N1C=CCC=C1/C=C(\C)c1ccc2c(c1)ON(C)O2. The molecule has 0 N–H and O–H groups in total. The Labute approximate surface area is 131 Å². The van der Waals surface area contributed by atoms with Crippen LogP contribution in [0.3, 0.4) is 0 Å². The average molecular weight is 296 g/mol. The molecule has 0 aromatic heterocycles. The fourth-order valence-electron chi connectivity index (χ4n) is 2.52. The number of hydrogen-bond acceptors (Lipinski definition) is 4. The summed E-state index contributed by atoms with van der Waals surface area (Å²) in [5, 5.41) is 1.35. The van der Waals surface area contributed by atoms with E-state index in [2.05, 4.69) is 42.8 Å². The number of hydroxylamine groups is 2. The van der Waals surface area contributed by atoms with Crippen LogP contribution in [0.2, 0.25) is 0 Å². The van der Waals surface area contributed by atoms with E-state index in [0.29, 0.717) is 0 Å². The minimum atomic E-state index is 0.738. The Balaban J connectivity index is 1.88. The minimum absolute atomic E-state index is 0.738. The van der Waals surface area contributed by atoms with Crippen molar-refractivity contribution < 1.29 is 9.68 Å². The molecule has 3 rings (SSSR count). The average Bonchev–Trinajstić information content (AvgIpc) is 2.86. The number of fused-ring (bicyclic) bond motifs is 1. The lowest BCUT2D eigenvalue weighted by atomic mass is 10.0. The number of rotatable bonds is 3. The molecule has 0 radical (unpaired) electrons. The summed E-state index contributed by atoms with van der Waals surface area (Å²) in [5.41, 5.74) is 4.41. The van der Waals surface area contributed by atoms with E-state index >= 15 is 0 Å². The van der Waals surface area contributed by atoms with Gasteiger partial charge in [-0.2, -0.15) is 0 Å². The van der Waals surface area contributed by atoms with E-state index in [9.17, 15) is 0 Å². The Kier molecular flexibility index (Phi) is 3.77. The molecular formula is C18H20N2O2. The molecule has 0 saturated heterocycles. The molecule has 0 atom stereocenters. The van der Waals surface area contributed by atoms with Gasteiger partial charge in [-0.25, -0.2) is 0 Å². The van der Waals surface area contributed by atoms with Gasteiger partial charge >= 0.3 is 0 Å². The summed E-state index contributed by atoms with van der Waals surface area (Å²) in [6.07, 6.45) is 9.49. The Morgan fingerprint density at radius 1 is 1.23 bits per heavy atom. The zero-order chi connectivity index (χ0) is 15.7. The monoisotopic (exact) mass is 296 g/mol. The van der Waals surface area contributed by atoms with Crippen molar-refractivity contribution in [2.45, 2.75) is 20.3 Å². The van der Waals surface area contributed by atoms with Crippen molar-refractivity contribution in [3.8, 4) is 11.5 Å². The third kappa shape index (κ3) is 2.78. The van der Waals surface area contributed by atoms with Crippen LogP contribution in [0.25, 0.3) is 5.57 Å². The van der Waals surface area contributed by atoms with Crippen molar-refractivity contribution in [1.29, 1.82) is 0 Å². The van der Waals surface area contributed by atoms with E-state index < -0.39 is 0 Å². The summed E-state index contributed by atoms with van der Waals surface area (Å²) in [6.45, 7) is 8.12. The van der Waals surface area contributed by atoms with Gasteiger partial charge in [0.1, 0.15) is 0 Å². The van der Waals surface area contributed by atoms with Gasteiger partial charge in [0.2, 0.25) is 0 Å². The van der Waals surface area contributed by atoms with Gasteiger partial charge in [0.15, 0.2) is 11.5 Å². The lowest BCUT2D eigenvalue weighted by Gasteiger charge is -2.24. The van der Waals surface area contributed by atoms with E-state index in [0.717, 1.165) is 40.5 Å². The van der Waals surface area contributed by atoms with Crippen molar-refractivity contribution in [3.05, 3.63) is 66.2 Å². The summed E-state index contributed by atoms with van der Waals surface area (Å²) in [4.78, 5) is 13.0. The van der Waals surface area contributed by atoms with Crippen LogP contribution in [0.5, 0.6) is 11.5 Å². The molecule has 0 bridgehead atoms. The van der Waals surface area contributed by atoms with Crippen LogP contribution in [-0.2, 0) is 0 Å². The van der Waals surface area contributed by atoms with Gasteiger partial charge < -0.3 is 14.6 Å². The van der Waals surface area contributed by atoms with E-state index in [1.807, 2.05) is 25.1 Å². The topological polar surface area (TPSA) is 24.9 Å². The first-order chi connectivity index (χ1) is 10.5. The molecule has 22 heavy (non-hydrogen) atoms. The van der Waals surface area contributed by atoms with Gasteiger partial charge in [0, 0.05) is 22.8 Å². The molecule has 0 amide bonds. The fraction of sp³-hybridized carbons (Fsp3) is 0.222. The number of hydrogen-bond donors (Lipinski definition) is 0. The first-order valence-corrected chi connectivity index (χ1v) is 7.28. The molecule has 4 nitrogen and oxygen atoms in total. The maximum Gasteiger partial charge on any atom is 0.196 e. The Morgan fingerprint density at radius 3 is 2.77 bits per heavy atom. The number of benzene rings is 1. The quantitative estimate of drug-likeness (QED) is 0.832. The lowest BCUT2D eigenvalue weighted by molar-refractivity contribution is -0.204. The van der Waals surface area contributed by atoms with Crippen LogP contribution in [-0.4, -0.2) is 17.2 Å². The molecule has 114 valence electrons. The standard InChI is InChI=1S/C18H20N2O2/c1-13(2)20-10-6-5-7-16(20)11-14(3)15-8-9-17-18(12-15)22-19(4)21-17/h6-12H,1,5H2,2-4H3/b14-11+. The zero-order valence-corrected chi connectivity index (χ0v) is 13.2. The first-order valence-electron chi connectivity index (χ1n) is 7.28. The highest BCUT2D eigenvalue weighted by molar-refractivity contribution is 5.69. The molecule has 4 heteroatoms. The van der Waals surface area contributed by atoms with Crippen molar-refractivity contribution in [1.82, 2.24) is 10.1 Å². The number of allylic oxidation sites excluding steroid dienone is 5. The highest BCUT2D eigenvalue weighted by Crippen LogP contribution is 2.36. The summed E-state index contributed by atoms with van der Waals surface area (Å²) < 4.78 is 0. The summed E-state index contributed by atoms with van der Waals surface area (Å²) in [7, 11) is 1.73. The van der Waals surface area contributed by atoms with Crippen molar-refractivity contribution >= 4 is 5.57 Å². The van der Waals surface area contributed by atoms with Crippen molar-refractivity contribution in [2.24, 2.45) is 0 Å². The largest absolute Gasteiger partial charge is 0.367 e. The molecule has 1 aromatic carbocycles. The van der Waals surface area contributed by atoms with Gasteiger partial charge in [-0.15, -0.1) is 0 Å². The van der Waals surface area contributed by atoms with Gasteiger partial charge in [-0.05, 0) is 49.6 Å². The third-order valence-electron chi connectivity index (χ3n) is 3.62. The molecule has 0 aliphatic carbocycles. The highest BCUT2D eigenvalue weighted by atomic mass is 17.0. The molecule has 0 saturated carbocycles. The van der Waals surface area contributed by atoms with Crippen LogP contribution < -0.4 is 9.68 Å². The molecule has 0 unspecified atom stereocenters. The maximum absolute atomic E-state index is 5.48. The van der Waals surface area contributed by atoms with Gasteiger partial charge in [-0.1, -0.05) is 24.8 Å². The van der Waals surface area contributed by atoms with Crippen LogP contribution in [0, 0.1) is 0 Å². The second-order valence-electron chi connectivity index (χ2n) is 5.47. The van der Waals surface area contributed by atoms with Gasteiger partial charge in [0.25, 0.3) is 0 Å². The van der Waals surface area contributed by atoms with E-state index in [1.54, 1.807) is 7.05 Å². The van der Waals surface area contributed by atoms with Crippen molar-refractivity contribution in [3.63, 3.8) is 0 Å². The van der Waals surface area contributed by atoms with E-state index in [4.69, 9.17) is 9.68 Å². The fourth-order valence-corrected chi connectivity index (χ4v) is 2.52. The van der Waals surface area contributed by atoms with Crippen LogP contribution in [0.15, 0.2) is 60.6 Å². The third-order valence-corrected chi connectivity index (χ3v) is 3.62. The molecule has 1 aromatic rings. The highest BCUT2D eigenvalue weighted by Gasteiger charge is 2.20. The van der Waals surface area contributed by atoms with Gasteiger partial charge in [-0.3, -0.25) is 0 Å². The van der Waals surface area contributed by atoms with Crippen LogP contribution >= 0.6 is 0 Å². The van der Waals surface area contributed by atoms with Crippen LogP contribution in [0.1, 0.15) is 25.8 Å². The Hall–Kier alpha value is -2.46. The molecule has 2 heterocycles. The second kappa shape index (κ2) is 5.73. The molecule has 2 aliphatic heterocycles. The molecule has 0 spiro atoms. The summed E-state index contributed by atoms with van der Waals surface area (Å²) in [6, 6.07) is 5.96. The first kappa shape index (κ1) is 14.5. The van der Waals surface area contributed by atoms with Crippen molar-refractivity contribution in [2.75, 3.05) is 7.05 Å². The second-order valence-corrected chi connectivity index (χ2v) is 5.47. The molecule has 2 aliphatic rings. The normalized spacial score (nSPS) is 17.7. The number of nitrogens with zero attached hydrogens (tertiary/aromatic N) is 2. The minimum Gasteiger partial charge on any atom is -0.367 e. The summed E-state index contributed by atoms with van der Waals surface area (Å²) in [5.74, 6) is 1.48. The predicted molar refractivity (Wildman–Crippen MR) is 87.6 cm³/mol.